The number of nitrogens with one attached hydrogen (secondary N) is 1. The maximum atomic E-state index is 12.5. The summed E-state index contributed by atoms with van der Waals surface area (Å²) < 4.78 is 27.8. The normalized spacial score (nSPS) is 16.1. The highest BCUT2D eigenvalue weighted by atomic mass is 32.2. The number of likely N-dealkylation sites (tertiary alicyclic amines) is 1. The fraction of sp³-hybridized carbons (Fsp3) is 0.389. The SMILES string of the molecule is CC(CNS(=O)(=O)c1cc(C(=O)N2CCCC2)cs1)c1ccccc1. The van der Waals surface area contributed by atoms with E-state index >= 15 is 0 Å². The molecule has 1 aromatic heterocycles. The Kier molecular flexibility index (Phi) is 5.56. The van der Waals surface area contributed by atoms with Crippen molar-refractivity contribution in [3.63, 3.8) is 0 Å². The molecule has 0 bridgehead atoms. The smallest absolute Gasteiger partial charge is 0.254 e. The number of carbonyl (C=O) groups excluding carboxylic acids is 1. The van der Waals surface area contributed by atoms with Crippen LogP contribution in [0.25, 0.3) is 0 Å². The van der Waals surface area contributed by atoms with Gasteiger partial charge >= 0.3 is 0 Å². The van der Waals surface area contributed by atoms with E-state index < -0.39 is 10.0 Å². The van der Waals surface area contributed by atoms with Crippen LogP contribution in [0.1, 0.15) is 41.6 Å². The van der Waals surface area contributed by atoms with Gasteiger partial charge in [0.1, 0.15) is 4.21 Å². The molecule has 3 rings (SSSR count). The van der Waals surface area contributed by atoms with E-state index in [9.17, 15) is 13.2 Å². The molecule has 0 radical (unpaired) electrons. The number of amides is 1. The van der Waals surface area contributed by atoms with Gasteiger partial charge in [0.25, 0.3) is 5.91 Å². The van der Waals surface area contributed by atoms with E-state index in [0.717, 1.165) is 42.8 Å². The fourth-order valence-electron chi connectivity index (χ4n) is 2.88. The van der Waals surface area contributed by atoms with E-state index in [4.69, 9.17) is 0 Å². The van der Waals surface area contributed by atoms with E-state index in [1.807, 2.05) is 37.3 Å². The second kappa shape index (κ2) is 7.68. The molecule has 1 atom stereocenters. The number of nitrogens with zero attached hydrogens (tertiary/aromatic N) is 1. The molecule has 1 aromatic carbocycles. The molecule has 0 aliphatic carbocycles. The first kappa shape index (κ1) is 18.1. The number of benzene rings is 1. The molecular formula is C18H22N2O3S2. The van der Waals surface area contributed by atoms with Gasteiger partial charge in [0.05, 0.1) is 5.56 Å². The minimum absolute atomic E-state index is 0.0710. The van der Waals surface area contributed by atoms with Crippen molar-refractivity contribution >= 4 is 27.3 Å². The summed E-state index contributed by atoms with van der Waals surface area (Å²) in [7, 11) is -3.60. The lowest BCUT2D eigenvalue weighted by Crippen LogP contribution is -2.28. The zero-order valence-electron chi connectivity index (χ0n) is 14.1. The molecule has 7 heteroatoms. The van der Waals surface area contributed by atoms with Crippen molar-refractivity contribution in [2.24, 2.45) is 0 Å². The molecule has 1 N–H and O–H groups in total. The van der Waals surface area contributed by atoms with Crippen molar-refractivity contribution in [1.29, 1.82) is 0 Å². The zero-order valence-corrected chi connectivity index (χ0v) is 15.8. The van der Waals surface area contributed by atoms with Crippen LogP contribution in [0.2, 0.25) is 0 Å². The minimum Gasteiger partial charge on any atom is -0.339 e. The molecule has 1 saturated heterocycles. The van der Waals surface area contributed by atoms with Crippen LogP contribution >= 0.6 is 11.3 Å². The minimum atomic E-state index is -3.60. The Balaban J connectivity index is 1.65. The highest BCUT2D eigenvalue weighted by Gasteiger charge is 2.24. The molecule has 5 nitrogen and oxygen atoms in total. The molecule has 1 amide bonds. The summed E-state index contributed by atoms with van der Waals surface area (Å²) >= 11 is 1.09. The Morgan fingerprint density at radius 2 is 1.92 bits per heavy atom. The maximum absolute atomic E-state index is 12.5. The maximum Gasteiger partial charge on any atom is 0.254 e. The molecular weight excluding hydrogens is 356 g/mol. The Labute approximate surface area is 152 Å². The van der Waals surface area contributed by atoms with Gasteiger partial charge in [0.15, 0.2) is 0 Å². The number of sulfonamides is 1. The number of hydrogen-bond acceptors (Lipinski definition) is 4. The van der Waals surface area contributed by atoms with Crippen molar-refractivity contribution in [3.05, 3.63) is 52.9 Å². The van der Waals surface area contributed by atoms with Gasteiger partial charge < -0.3 is 4.90 Å². The molecule has 0 saturated carbocycles. The second-order valence-corrected chi connectivity index (χ2v) is 9.22. The van der Waals surface area contributed by atoms with Crippen molar-refractivity contribution in [2.45, 2.75) is 29.9 Å². The van der Waals surface area contributed by atoms with E-state index in [0.29, 0.717) is 12.1 Å². The van der Waals surface area contributed by atoms with Crippen molar-refractivity contribution in [1.82, 2.24) is 9.62 Å². The highest BCUT2D eigenvalue weighted by molar-refractivity contribution is 7.91. The molecule has 2 aromatic rings. The van der Waals surface area contributed by atoms with Crippen LogP contribution in [0, 0.1) is 0 Å². The summed E-state index contributed by atoms with van der Waals surface area (Å²) in [5.74, 6) is -0.00510. The van der Waals surface area contributed by atoms with Crippen molar-refractivity contribution < 1.29 is 13.2 Å². The van der Waals surface area contributed by atoms with Gasteiger partial charge in [-0.25, -0.2) is 13.1 Å². The molecule has 1 aliphatic heterocycles. The molecule has 134 valence electrons. The predicted octanol–water partition coefficient (Wildman–Crippen LogP) is 3.07. The first-order valence-corrected chi connectivity index (χ1v) is 10.8. The van der Waals surface area contributed by atoms with Crippen LogP contribution in [-0.4, -0.2) is 38.9 Å². The first-order valence-electron chi connectivity index (χ1n) is 8.40. The molecule has 25 heavy (non-hydrogen) atoms. The third-order valence-corrected chi connectivity index (χ3v) is 7.29. The Bertz CT molecular complexity index is 825. The standard InChI is InChI=1S/C18H22N2O3S2/c1-14(15-7-3-2-4-8-15)12-19-25(22,23)17-11-16(13-24-17)18(21)20-9-5-6-10-20/h2-4,7-8,11,13-14,19H,5-6,9-10,12H2,1H3. The highest BCUT2D eigenvalue weighted by Crippen LogP contribution is 2.23. The molecule has 1 fully saturated rings. The fourth-order valence-corrected chi connectivity index (χ4v) is 5.21. The summed E-state index contributed by atoms with van der Waals surface area (Å²) in [5.41, 5.74) is 1.55. The Morgan fingerprint density at radius 3 is 2.60 bits per heavy atom. The molecule has 1 unspecified atom stereocenters. The summed E-state index contributed by atoms with van der Waals surface area (Å²) in [6.07, 6.45) is 2.03. The van der Waals surface area contributed by atoms with Crippen LogP contribution in [0.4, 0.5) is 0 Å². The monoisotopic (exact) mass is 378 g/mol. The summed E-state index contributed by atoms with van der Waals surface area (Å²) in [4.78, 5) is 14.1. The van der Waals surface area contributed by atoms with Crippen LogP contribution in [-0.2, 0) is 10.0 Å². The topological polar surface area (TPSA) is 66.5 Å². The second-order valence-electron chi connectivity index (χ2n) is 6.32. The predicted molar refractivity (Wildman–Crippen MR) is 99.5 cm³/mol. The largest absolute Gasteiger partial charge is 0.339 e. The zero-order chi connectivity index (χ0) is 17.9. The molecule has 1 aliphatic rings. The molecule has 0 spiro atoms. The summed E-state index contributed by atoms with van der Waals surface area (Å²) in [6.45, 7) is 3.81. The summed E-state index contributed by atoms with van der Waals surface area (Å²) in [6, 6.07) is 11.3. The number of thiophene rings is 1. The van der Waals surface area contributed by atoms with Gasteiger partial charge in [-0.05, 0) is 30.4 Å². The average molecular weight is 379 g/mol. The number of rotatable bonds is 6. The lowest BCUT2D eigenvalue weighted by Gasteiger charge is -2.14. The van der Waals surface area contributed by atoms with Gasteiger partial charge in [-0.1, -0.05) is 37.3 Å². The summed E-state index contributed by atoms with van der Waals surface area (Å²) in [5, 5.41) is 1.63. The Hall–Kier alpha value is -1.70. The van der Waals surface area contributed by atoms with Gasteiger partial charge in [-0.2, -0.15) is 0 Å². The van der Waals surface area contributed by atoms with Gasteiger partial charge in [-0.3, -0.25) is 4.79 Å². The van der Waals surface area contributed by atoms with Crippen molar-refractivity contribution in [2.75, 3.05) is 19.6 Å². The van der Waals surface area contributed by atoms with Gasteiger partial charge in [-0.15, -0.1) is 11.3 Å². The number of hydrogen-bond donors (Lipinski definition) is 1. The lowest BCUT2D eigenvalue weighted by atomic mass is 10.0. The average Bonchev–Trinajstić information content (AvgIpc) is 3.31. The van der Waals surface area contributed by atoms with E-state index in [2.05, 4.69) is 4.72 Å². The lowest BCUT2D eigenvalue weighted by molar-refractivity contribution is 0.0793. The van der Waals surface area contributed by atoms with Gasteiger partial charge in [0.2, 0.25) is 10.0 Å². The first-order chi connectivity index (χ1) is 12.0. The molecule has 2 heterocycles. The van der Waals surface area contributed by atoms with Crippen LogP contribution in [0.3, 0.4) is 0 Å². The van der Waals surface area contributed by atoms with E-state index in [-0.39, 0.29) is 16.0 Å². The van der Waals surface area contributed by atoms with E-state index in [1.165, 1.54) is 6.07 Å². The van der Waals surface area contributed by atoms with E-state index in [1.54, 1.807) is 10.3 Å². The third-order valence-electron chi connectivity index (χ3n) is 4.43. The van der Waals surface area contributed by atoms with Crippen LogP contribution in [0.5, 0.6) is 0 Å². The van der Waals surface area contributed by atoms with Crippen LogP contribution in [0.15, 0.2) is 46.0 Å². The Morgan fingerprint density at radius 1 is 1.24 bits per heavy atom. The number of carbonyl (C=O) groups is 1. The third kappa shape index (κ3) is 4.29. The van der Waals surface area contributed by atoms with Crippen molar-refractivity contribution in [3.8, 4) is 0 Å². The quantitative estimate of drug-likeness (QED) is 0.840. The van der Waals surface area contributed by atoms with Gasteiger partial charge in [0, 0.05) is 25.0 Å². The van der Waals surface area contributed by atoms with Crippen LogP contribution < -0.4 is 4.72 Å².